The number of hydrogen-bond donors (Lipinski definition) is 1. The molecule has 0 aromatic rings. The van der Waals surface area contributed by atoms with Gasteiger partial charge in [0.2, 0.25) is 0 Å². The molecule has 1 heterocycles. The Kier molecular flexibility index (Phi) is 3.05. The van der Waals surface area contributed by atoms with Crippen LogP contribution in [-0.4, -0.2) is 29.6 Å². The van der Waals surface area contributed by atoms with Crippen LogP contribution in [0.5, 0.6) is 0 Å². The number of ether oxygens (including phenoxy) is 1. The molecule has 3 atom stereocenters. The third-order valence-corrected chi connectivity index (χ3v) is 3.46. The number of Topliss-reactive ketones (excluding diaryl/α,β-unsaturated/α-hetero) is 1. The average Bonchev–Trinajstić information content (AvgIpc) is 2.60. The Morgan fingerprint density at radius 1 is 1.33 bits per heavy atom. The van der Waals surface area contributed by atoms with Crippen molar-refractivity contribution in [1.29, 1.82) is 0 Å². The quantitative estimate of drug-likeness (QED) is 0.683. The van der Waals surface area contributed by atoms with Gasteiger partial charge in [0.25, 0.3) is 0 Å². The molecule has 2 unspecified atom stereocenters. The fraction of sp³-hybridized carbons (Fsp3) is 0.818. The lowest BCUT2D eigenvalue weighted by molar-refractivity contribution is -0.143. The summed E-state index contributed by atoms with van der Waals surface area (Å²) in [6.45, 7) is -0.166. The molecule has 1 N–H and O–H groups in total. The number of carbonyl (C=O) groups is 2. The van der Waals surface area contributed by atoms with Gasteiger partial charge in [-0.05, 0) is 12.8 Å². The second-order valence-corrected chi connectivity index (χ2v) is 4.40. The topological polar surface area (TPSA) is 63.6 Å². The molecular formula is C11H16O4. The highest BCUT2D eigenvalue weighted by molar-refractivity contribution is 5.83. The maximum absolute atomic E-state index is 11.7. The minimum Gasteiger partial charge on any atom is -0.460 e. The summed E-state index contributed by atoms with van der Waals surface area (Å²) in [5.41, 5.74) is 0. The summed E-state index contributed by atoms with van der Waals surface area (Å²) < 4.78 is 4.98. The molecule has 2 aliphatic rings. The highest BCUT2D eigenvalue weighted by atomic mass is 16.6. The second kappa shape index (κ2) is 4.31. The number of ketones is 1. The largest absolute Gasteiger partial charge is 0.460 e. The zero-order valence-electron chi connectivity index (χ0n) is 8.65. The summed E-state index contributed by atoms with van der Waals surface area (Å²) in [5.74, 6) is -0.196. The molecule has 0 amide bonds. The van der Waals surface area contributed by atoms with E-state index >= 15 is 0 Å². The Hall–Kier alpha value is -0.900. The van der Waals surface area contributed by atoms with Gasteiger partial charge in [-0.2, -0.15) is 0 Å². The molecular weight excluding hydrogens is 196 g/mol. The van der Waals surface area contributed by atoms with E-state index in [0.29, 0.717) is 12.8 Å². The van der Waals surface area contributed by atoms with E-state index in [2.05, 4.69) is 0 Å². The average molecular weight is 212 g/mol. The van der Waals surface area contributed by atoms with E-state index < -0.39 is 6.10 Å². The molecule has 0 bridgehead atoms. The Morgan fingerprint density at radius 3 is 2.80 bits per heavy atom. The molecule has 0 aromatic carbocycles. The fourth-order valence-corrected chi connectivity index (χ4v) is 2.66. The number of carbonyl (C=O) groups excluding carboxylic acids is 2. The number of esters is 1. The van der Waals surface area contributed by atoms with Crippen LogP contribution in [0.4, 0.5) is 0 Å². The van der Waals surface area contributed by atoms with Crippen molar-refractivity contribution in [1.82, 2.24) is 0 Å². The lowest BCUT2D eigenvalue weighted by Gasteiger charge is -2.27. The summed E-state index contributed by atoms with van der Waals surface area (Å²) in [5, 5.41) is 9.08. The molecule has 4 nitrogen and oxygen atoms in total. The van der Waals surface area contributed by atoms with Gasteiger partial charge in [-0.3, -0.25) is 9.59 Å². The van der Waals surface area contributed by atoms with E-state index in [1.165, 1.54) is 0 Å². The first-order valence-electron chi connectivity index (χ1n) is 5.55. The molecule has 0 aromatic heterocycles. The highest BCUT2D eigenvalue weighted by Crippen LogP contribution is 2.36. The number of aliphatic hydroxyl groups is 1. The van der Waals surface area contributed by atoms with E-state index in [-0.39, 0.29) is 30.2 Å². The van der Waals surface area contributed by atoms with E-state index in [0.717, 1.165) is 19.3 Å². The summed E-state index contributed by atoms with van der Waals surface area (Å²) in [7, 11) is 0. The number of hydrogen-bond acceptors (Lipinski definition) is 4. The van der Waals surface area contributed by atoms with Crippen LogP contribution < -0.4 is 0 Å². The minimum atomic E-state index is -0.454. The van der Waals surface area contributed by atoms with Crippen LogP contribution in [-0.2, 0) is 14.3 Å². The first-order valence-corrected chi connectivity index (χ1v) is 5.55. The van der Waals surface area contributed by atoms with Crippen molar-refractivity contribution in [3.05, 3.63) is 0 Å². The van der Waals surface area contributed by atoms with Gasteiger partial charge in [0.1, 0.15) is 11.9 Å². The summed E-state index contributed by atoms with van der Waals surface area (Å²) >= 11 is 0. The fourth-order valence-electron chi connectivity index (χ4n) is 2.66. The highest BCUT2D eigenvalue weighted by Gasteiger charge is 2.42. The predicted octanol–water partition coefficient (Wildman–Crippen LogP) is 0.670. The molecule has 0 radical (unpaired) electrons. The van der Waals surface area contributed by atoms with Gasteiger partial charge in [-0.15, -0.1) is 0 Å². The normalized spacial score (nSPS) is 36.7. The molecule has 0 spiro atoms. The van der Waals surface area contributed by atoms with Gasteiger partial charge in [-0.1, -0.05) is 6.42 Å². The zero-order valence-corrected chi connectivity index (χ0v) is 8.65. The van der Waals surface area contributed by atoms with Crippen molar-refractivity contribution < 1.29 is 19.4 Å². The smallest absolute Gasteiger partial charge is 0.306 e. The SMILES string of the molecule is O=C1CC(C2CCCCC2=O)[C@@H](CO)O1. The van der Waals surface area contributed by atoms with Crippen molar-refractivity contribution in [3.63, 3.8) is 0 Å². The third kappa shape index (κ3) is 2.04. The molecule has 4 heteroatoms. The van der Waals surface area contributed by atoms with Crippen LogP contribution in [0.2, 0.25) is 0 Å². The first kappa shape index (κ1) is 10.6. The van der Waals surface area contributed by atoms with Crippen LogP contribution in [0, 0.1) is 11.8 Å². The zero-order chi connectivity index (χ0) is 10.8. The van der Waals surface area contributed by atoms with Gasteiger partial charge >= 0.3 is 5.97 Å². The van der Waals surface area contributed by atoms with Crippen molar-refractivity contribution in [3.8, 4) is 0 Å². The second-order valence-electron chi connectivity index (χ2n) is 4.40. The number of cyclic esters (lactones) is 1. The van der Waals surface area contributed by atoms with Gasteiger partial charge in [0.15, 0.2) is 0 Å². The molecule has 2 rings (SSSR count). The van der Waals surface area contributed by atoms with E-state index in [9.17, 15) is 9.59 Å². The van der Waals surface area contributed by atoms with Crippen LogP contribution in [0.1, 0.15) is 32.1 Å². The molecule has 2 fully saturated rings. The monoisotopic (exact) mass is 212 g/mol. The standard InChI is InChI=1S/C11H16O4/c12-6-10-8(5-11(14)15-10)7-3-1-2-4-9(7)13/h7-8,10,12H,1-6H2/t7?,8?,10-/m1/s1. The van der Waals surface area contributed by atoms with Gasteiger partial charge in [0.05, 0.1) is 13.0 Å². The van der Waals surface area contributed by atoms with Crippen molar-refractivity contribution in [2.75, 3.05) is 6.61 Å². The summed E-state index contributed by atoms with van der Waals surface area (Å²) in [6, 6.07) is 0. The van der Waals surface area contributed by atoms with E-state index in [4.69, 9.17) is 9.84 Å². The van der Waals surface area contributed by atoms with E-state index in [1.807, 2.05) is 0 Å². The van der Waals surface area contributed by atoms with Crippen LogP contribution in [0.3, 0.4) is 0 Å². The van der Waals surface area contributed by atoms with E-state index in [1.54, 1.807) is 0 Å². The Labute approximate surface area is 88.6 Å². The maximum Gasteiger partial charge on any atom is 0.306 e. The molecule has 1 aliphatic carbocycles. The van der Waals surface area contributed by atoms with Crippen molar-refractivity contribution in [2.24, 2.45) is 11.8 Å². The molecule has 84 valence electrons. The molecule has 1 saturated heterocycles. The Bertz CT molecular complexity index is 274. The third-order valence-electron chi connectivity index (χ3n) is 3.46. The van der Waals surface area contributed by atoms with Crippen LogP contribution >= 0.6 is 0 Å². The maximum atomic E-state index is 11.7. The summed E-state index contributed by atoms with van der Waals surface area (Å²) in [6.07, 6.45) is 3.30. The summed E-state index contributed by atoms with van der Waals surface area (Å²) in [4.78, 5) is 22.8. The molecule has 1 aliphatic heterocycles. The van der Waals surface area contributed by atoms with Crippen LogP contribution in [0.25, 0.3) is 0 Å². The van der Waals surface area contributed by atoms with Crippen molar-refractivity contribution >= 4 is 11.8 Å². The Balaban J connectivity index is 2.07. The van der Waals surface area contributed by atoms with Gasteiger partial charge in [-0.25, -0.2) is 0 Å². The number of rotatable bonds is 2. The minimum absolute atomic E-state index is 0.0673. The molecule has 15 heavy (non-hydrogen) atoms. The van der Waals surface area contributed by atoms with Gasteiger partial charge in [0, 0.05) is 18.3 Å². The number of aliphatic hydroxyl groups excluding tert-OH is 1. The lowest BCUT2D eigenvalue weighted by Crippen LogP contribution is -2.33. The van der Waals surface area contributed by atoms with Crippen molar-refractivity contribution in [2.45, 2.75) is 38.2 Å². The lowest BCUT2D eigenvalue weighted by atomic mass is 9.76. The van der Waals surface area contributed by atoms with Gasteiger partial charge < -0.3 is 9.84 Å². The Morgan fingerprint density at radius 2 is 2.13 bits per heavy atom. The molecule has 1 saturated carbocycles. The first-order chi connectivity index (χ1) is 7.22. The predicted molar refractivity (Wildman–Crippen MR) is 52.0 cm³/mol. The van der Waals surface area contributed by atoms with Crippen LogP contribution in [0.15, 0.2) is 0 Å².